The highest BCUT2D eigenvalue weighted by Crippen LogP contribution is 2.13. The fourth-order valence-electron chi connectivity index (χ4n) is 4.18. The van der Waals surface area contributed by atoms with Crippen LogP contribution in [0.25, 0.3) is 0 Å². The van der Waals surface area contributed by atoms with Crippen LogP contribution in [0, 0.1) is 0 Å². The Morgan fingerprint density at radius 1 is 0.941 bits per heavy atom. The van der Waals surface area contributed by atoms with Crippen molar-refractivity contribution in [3.05, 3.63) is 66.2 Å². The predicted molar refractivity (Wildman–Crippen MR) is 128 cm³/mol. The van der Waals surface area contributed by atoms with E-state index in [2.05, 4.69) is 4.90 Å². The second-order valence-corrected chi connectivity index (χ2v) is 8.51. The quantitative estimate of drug-likeness (QED) is 0.560. The van der Waals surface area contributed by atoms with Gasteiger partial charge in [0.05, 0.1) is 25.9 Å². The van der Waals surface area contributed by atoms with Gasteiger partial charge < -0.3 is 24.0 Å². The molecule has 0 aliphatic carbocycles. The Hall–Kier alpha value is -2.94. The van der Waals surface area contributed by atoms with Gasteiger partial charge >= 0.3 is 0 Å². The number of rotatable bonds is 9. The van der Waals surface area contributed by atoms with Gasteiger partial charge in [0.2, 0.25) is 0 Å². The van der Waals surface area contributed by atoms with Crippen LogP contribution in [-0.4, -0.2) is 105 Å². The largest absolute Gasteiger partial charge is 0.484 e. The van der Waals surface area contributed by atoms with Crippen molar-refractivity contribution in [2.24, 2.45) is 0 Å². The average Bonchev–Trinajstić information content (AvgIpc) is 2.91. The molecule has 8 nitrogen and oxygen atoms in total. The number of hydrogen-bond acceptors (Lipinski definition) is 6. The smallest absolute Gasteiger partial charge is 0.260 e. The molecule has 2 fully saturated rings. The topological polar surface area (TPSA) is 71.6 Å². The Balaban J connectivity index is 1.35. The number of hydrogen-bond donors (Lipinski definition) is 0. The van der Waals surface area contributed by atoms with Gasteiger partial charge in [-0.25, -0.2) is 0 Å². The van der Waals surface area contributed by atoms with Crippen molar-refractivity contribution in [1.82, 2.24) is 14.7 Å². The Kier molecular flexibility index (Phi) is 8.90. The van der Waals surface area contributed by atoms with Gasteiger partial charge in [0.15, 0.2) is 6.61 Å². The lowest BCUT2D eigenvalue weighted by Crippen LogP contribution is -2.52. The number of carbonyl (C=O) groups is 2. The summed E-state index contributed by atoms with van der Waals surface area (Å²) < 4.78 is 17.0. The van der Waals surface area contributed by atoms with Gasteiger partial charge in [-0.15, -0.1) is 0 Å². The van der Waals surface area contributed by atoms with Crippen LogP contribution in [0.15, 0.2) is 60.7 Å². The highest BCUT2D eigenvalue weighted by molar-refractivity contribution is 5.94. The molecule has 2 heterocycles. The highest BCUT2D eigenvalue weighted by atomic mass is 16.5. The van der Waals surface area contributed by atoms with Crippen LogP contribution in [-0.2, 0) is 14.3 Å². The number of carbonyl (C=O) groups excluding carboxylic acids is 2. The third-order valence-electron chi connectivity index (χ3n) is 6.12. The summed E-state index contributed by atoms with van der Waals surface area (Å²) in [7, 11) is 0. The van der Waals surface area contributed by atoms with E-state index in [1.54, 1.807) is 4.90 Å². The summed E-state index contributed by atoms with van der Waals surface area (Å²) in [6.07, 6.45) is -0.244. The molecular weight excluding hydrogens is 434 g/mol. The molecule has 2 amide bonds. The van der Waals surface area contributed by atoms with Crippen molar-refractivity contribution in [2.75, 3.05) is 72.2 Å². The third-order valence-corrected chi connectivity index (χ3v) is 6.12. The van der Waals surface area contributed by atoms with Crippen molar-refractivity contribution in [2.45, 2.75) is 6.10 Å². The van der Waals surface area contributed by atoms with E-state index in [0.29, 0.717) is 44.1 Å². The first kappa shape index (κ1) is 24.2. The van der Waals surface area contributed by atoms with Crippen LogP contribution in [0.3, 0.4) is 0 Å². The van der Waals surface area contributed by atoms with Crippen LogP contribution in [0.2, 0.25) is 0 Å². The van der Waals surface area contributed by atoms with Gasteiger partial charge in [-0.2, -0.15) is 0 Å². The van der Waals surface area contributed by atoms with Gasteiger partial charge in [0, 0.05) is 51.4 Å². The van der Waals surface area contributed by atoms with Crippen molar-refractivity contribution in [1.29, 1.82) is 0 Å². The summed E-state index contributed by atoms with van der Waals surface area (Å²) in [6.45, 7) is 6.39. The summed E-state index contributed by atoms with van der Waals surface area (Å²) >= 11 is 0. The first-order valence-electron chi connectivity index (χ1n) is 11.9. The van der Waals surface area contributed by atoms with E-state index >= 15 is 0 Å². The summed E-state index contributed by atoms with van der Waals surface area (Å²) in [5, 5.41) is 0. The summed E-state index contributed by atoms with van der Waals surface area (Å²) in [5.41, 5.74) is 0.657. The molecule has 0 aromatic heterocycles. The second-order valence-electron chi connectivity index (χ2n) is 8.51. The minimum absolute atomic E-state index is 0.0135. The van der Waals surface area contributed by atoms with E-state index in [4.69, 9.17) is 14.2 Å². The Bertz CT molecular complexity index is 905. The molecule has 0 N–H and O–H groups in total. The fraction of sp³-hybridized carbons (Fsp3) is 0.462. The van der Waals surface area contributed by atoms with Crippen LogP contribution in [0.4, 0.5) is 0 Å². The highest BCUT2D eigenvalue weighted by Gasteiger charge is 2.28. The lowest BCUT2D eigenvalue weighted by molar-refractivity contribution is -0.141. The molecule has 0 saturated carbocycles. The molecule has 0 radical (unpaired) electrons. The van der Waals surface area contributed by atoms with Gasteiger partial charge in [0.25, 0.3) is 11.8 Å². The normalized spacial score (nSPS) is 18.9. The number of nitrogens with zero attached hydrogens (tertiary/aromatic N) is 3. The van der Waals surface area contributed by atoms with Gasteiger partial charge in [0.1, 0.15) is 5.75 Å². The molecule has 2 aliphatic rings. The molecule has 182 valence electrons. The first-order chi connectivity index (χ1) is 16.7. The van der Waals surface area contributed by atoms with Gasteiger partial charge in [-0.1, -0.05) is 36.4 Å². The fourth-order valence-corrected chi connectivity index (χ4v) is 4.18. The zero-order chi connectivity index (χ0) is 23.6. The third kappa shape index (κ3) is 7.03. The van der Waals surface area contributed by atoms with Crippen molar-refractivity contribution >= 4 is 11.8 Å². The molecular formula is C26H33N3O5. The Morgan fingerprint density at radius 3 is 2.38 bits per heavy atom. The van der Waals surface area contributed by atoms with E-state index in [-0.39, 0.29) is 24.5 Å². The van der Waals surface area contributed by atoms with Crippen LogP contribution >= 0.6 is 0 Å². The maximum absolute atomic E-state index is 13.3. The maximum atomic E-state index is 13.3. The number of benzene rings is 2. The van der Waals surface area contributed by atoms with Crippen LogP contribution in [0.5, 0.6) is 5.75 Å². The number of ether oxygens (including phenoxy) is 3. The Labute approximate surface area is 201 Å². The molecule has 1 atom stereocenters. The Morgan fingerprint density at radius 2 is 1.65 bits per heavy atom. The van der Waals surface area contributed by atoms with Crippen LogP contribution in [0.1, 0.15) is 10.4 Å². The standard InChI is InChI=1S/C26H33N3O5/c30-25(21-34-23-9-5-2-6-10-23)28-15-18-33-24(19-28)20-29(12-11-27-13-16-32-17-14-27)26(31)22-7-3-1-4-8-22/h1-10,24H,11-21H2. The lowest BCUT2D eigenvalue weighted by atomic mass is 10.1. The minimum atomic E-state index is -0.244. The molecule has 4 rings (SSSR count). The van der Waals surface area contributed by atoms with E-state index in [9.17, 15) is 9.59 Å². The molecule has 2 aromatic rings. The SMILES string of the molecule is O=C(COc1ccccc1)N1CCOC(CN(CCN2CCOCC2)C(=O)c2ccccc2)C1. The van der Waals surface area contributed by atoms with Crippen molar-refractivity contribution in [3.8, 4) is 5.75 Å². The van der Waals surface area contributed by atoms with E-state index < -0.39 is 0 Å². The molecule has 8 heteroatoms. The molecule has 2 aliphatic heterocycles. The van der Waals surface area contributed by atoms with E-state index in [0.717, 1.165) is 32.8 Å². The molecule has 2 aromatic carbocycles. The number of amides is 2. The van der Waals surface area contributed by atoms with Crippen LogP contribution < -0.4 is 4.74 Å². The van der Waals surface area contributed by atoms with Gasteiger partial charge in [-0.05, 0) is 24.3 Å². The van der Waals surface area contributed by atoms with E-state index in [1.807, 2.05) is 65.6 Å². The van der Waals surface area contributed by atoms with Crippen molar-refractivity contribution < 1.29 is 23.8 Å². The average molecular weight is 468 g/mol. The molecule has 0 spiro atoms. The van der Waals surface area contributed by atoms with Crippen molar-refractivity contribution in [3.63, 3.8) is 0 Å². The number of para-hydroxylation sites is 1. The number of morpholine rings is 2. The molecule has 34 heavy (non-hydrogen) atoms. The zero-order valence-electron chi connectivity index (χ0n) is 19.5. The molecule has 0 bridgehead atoms. The first-order valence-corrected chi connectivity index (χ1v) is 11.9. The minimum Gasteiger partial charge on any atom is -0.484 e. The lowest BCUT2D eigenvalue weighted by Gasteiger charge is -2.36. The zero-order valence-corrected chi connectivity index (χ0v) is 19.5. The second kappa shape index (κ2) is 12.5. The predicted octanol–water partition coefficient (Wildman–Crippen LogP) is 1.77. The summed E-state index contributed by atoms with van der Waals surface area (Å²) in [6, 6.07) is 18.6. The van der Waals surface area contributed by atoms with Gasteiger partial charge in [-0.3, -0.25) is 14.5 Å². The monoisotopic (exact) mass is 467 g/mol. The van der Waals surface area contributed by atoms with E-state index in [1.165, 1.54) is 0 Å². The maximum Gasteiger partial charge on any atom is 0.260 e. The summed E-state index contributed by atoms with van der Waals surface area (Å²) in [4.78, 5) is 32.0. The molecule has 2 saturated heterocycles. The molecule has 1 unspecified atom stereocenters. The summed E-state index contributed by atoms with van der Waals surface area (Å²) in [5.74, 6) is 0.572.